The van der Waals surface area contributed by atoms with E-state index in [-0.39, 0.29) is 5.82 Å². The van der Waals surface area contributed by atoms with Crippen LogP contribution < -0.4 is 4.90 Å². The fourth-order valence-electron chi connectivity index (χ4n) is 2.22. The molecular weight excluding hydrogens is 269 g/mol. The molecule has 0 radical (unpaired) electrons. The summed E-state index contributed by atoms with van der Waals surface area (Å²) in [7, 11) is 0. The van der Waals surface area contributed by atoms with E-state index >= 15 is 0 Å². The zero-order valence-electron chi connectivity index (χ0n) is 9.55. The van der Waals surface area contributed by atoms with Crippen LogP contribution in [0.5, 0.6) is 0 Å². The molecule has 0 amide bonds. The van der Waals surface area contributed by atoms with E-state index in [1.54, 1.807) is 12.1 Å². The summed E-state index contributed by atoms with van der Waals surface area (Å²) >= 11 is 3.43. The fraction of sp³-hybridized carbons (Fsp3) is 0.538. The minimum absolute atomic E-state index is 0.149. The molecule has 1 aromatic carbocycles. The van der Waals surface area contributed by atoms with Crippen LogP contribution in [0.25, 0.3) is 0 Å². The van der Waals surface area contributed by atoms with Gasteiger partial charge >= 0.3 is 0 Å². The Bertz CT molecular complexity index is 359. The molecule has 88 valence electrons. The second-order valence-corrected chi connectivity index (χ2v) is 5.14. The molecule has 3 heteroatoms. The van der Waals surface area contributed by atoms with Crippen molar-refractivity contribution in [2.24, 2.45) is 5.92 Å². The van der Waals surface area contributed by atoms with Crippen molar-refractivity contribution in [3.8, 4) is 0 Å². The molecule has 0 unspecified atom stereocenters. The number of piperidine rings is 1. The van der Waals surface area contributed by atoms with Crippen LogP contribution in [0.2, 0.25) is 0 Å². The highest BCUT2D eigenvalue weighted by molar-refractivity contribution is 9.08. The Hall–Kier alpha value is -0.570. The second-order valence-electron chi connectivity index (χ2n) is 4.58. The molecule has 0 bridgehead atoms. The van der Waals surface area contributed by atoms with Gasteiger partial charge in [0.15, 0.2) is 0 Å². The van der Waals surface area contributed by atoms with Gasteiger partial charge in [-0.2, -0.15) is 0 Å². The number of rotatable bonds is 2. The first kappa shape index (κ1) is 11.9. The average Bonchev–Trinajstić information content (AvgIpc) is 2.30. The van der Waals surface area contributed by atoms with Crippen molar-refractivity contribution in [2.75, 3.05) is 18.0 Å². The van der Waals surface area contributed by atoms with Crippen molar-refractivity contribution >= 4 is 21.6 Å². The molecule has 0 spiro atoms. The maximum atomic E-state index is 13.1. The summed E-state index contributed by atoms with van der Waals surface area (Å²) in [5.74, 6) is 0.674. The van der Waals surface area contributed by atoms with E-state index in [1.165, 1.54) is 18.5 Å². The summed E-state index contributed by atoms with van der Waals surface area (Å²) in [6, 6.07) is 5.09. The number of hydrogen-bond acceptors (Lipinski definition) is 1. The van der Waals surface area contributed by atoms with Gasteiger partial charge in [0.25, 0.3) is 0 Å². The molecule has 0 aromatic heterocycles. The van der Waals surface area contributed by atoms with Crippen LogP contribution in [-0.2, 0) is 5.33 Å². The van der Waals surface area contributed by atoms with Crippen molar-refractivity contribution < 1.29 is 4.39 Å². The lowest BCUT2D eigenvalue weighted by molar-refractivity contribution is 0.438. The molecule has 0 atom stereocenters. The van der Waals surface area contributed by atoms with Gasteiger partial charge in [0.2, 0.25) is 0 Å². The standard InChI is InChI=1S/C13H17BrFN/c1-10-4-6-16(7-5-10)13-3-2-12(15)8-11(13)9-14/h2-3,8,10H,4-7,9H2,1H3. The zero-order valence-corrected chi connectivity index (χ0v) is 11.1. The summed E-state index contributed by atoms with van der Waals surface area (Å²) in [6.07, 6.45) is 2.47. The van der Waals surface area contributed by atoms with Gasteiger partial charge in [0.05, 0.1) is 0 Å². The molecule has 16 heavy (non-hydrogen) atoms. The number of benzene rings is 1. The Morgan fingerprint density at radius 1 is 1.38 bits per heavy atom. The molecule has 1 heterocycles. The first-order valence-corrected chi connectivity index (χ1v) is 6.92. The Morgan fingerprint density at radius 2 is 2.06 bits per heavy atom. The highest BCUT2D eigenvalue weighted by atomic mass is 79.9. The van der Waals surface area contributed by atoms with Crippen molar-refractivity contribution in [3.63, 3.8) is 0 Å². The largest absolute Gasteiger partial charge is 0.371 e. The van der Waals surface area contributed by atoms with Crippen LogP contribution in [0.4, 0.5) is 10.1 Å². The maximum Gasteiger partial charge on any atom is 0.123 e. The fourth-order valence-corrected chi connectivity index (χ4v) is 2.67. The summed E-state index contributed by atoms with van der Waals surface area (Å²) in [5, 5.41) is 0.714. The summed E-state index contributed by atoms with van der Waals surface area (Å²) in [6.45, 7) is 4.48. The van der Waals surface area contributed by atoms with E-state index in [4.69, 9.17) is 0 Å². The highest BCUT2D eigenvalue weighted by Gasteiger charge is 2.18. The van der Waals surface area contributed by atoms with Crippen molar-refractivity contribution in [1.29, 1.82) is 0 Å². The van der Waals surface area contributed by atoms with Crippen molar-refractivity contribution in [3.05, 3.63) is 29.6 Å². The topological polar surface area (TPSA) is 3.24 Å². The van der Waals surface area contributed by atoms with Gasteiger partial charge in [-0.25, -0.2) is 4.39 Å². The first-order chi connectivity index (χ1) is 7.70. The maximum absolute atomic E-state index is 13.1. The van der Waals surface area contributed by atoms with Crippen molar-refractivity contribution in [1.82, 2.24) is 0 Å². The third kappa shape index (κ3) is 2.57. The Balaban J connectivity index is 2.19. The molecule has 1 nitrogen and oxygen atoms in total. The van der Waals surface area contributed by atoms with Crippen LogP contribution in [-0.4, -0.2) is 13.1 Å². The van der Waals surface area contributed by atoms with E-state index in [2.05, 4.69) is 27.8 Å². The van der Waals surface area contributed by atoms with Crippen LogP contribution in [0.1, 0.15) is 25.3 Å². The van der Waals surface area contributed by atoms with Gasteiger partial charge in [-0.15, -0.1) is 0 Å². The SMILES string of the molecule is CC1CCN(c2ccc(F)cc2CBr)CC1. The average molecular weight is 286 g/mol. The van der Waals surface area contributed by atoms with Gasteiger partial charge in [0.1, 0.15) is 5.82 Å². The monoisotopic (exact) mass is 285 g/mol. The summed E-state index contributed by atoms with van der Waals surface area (Å²) < 4.78 is 13.1. The molecule has 1 aliphatic heterocycles. The third-order valence-corrected chi connectivity index (χ3v) is 3.91. The predicted octanol–water partition coefficient (Wildman–Crippen LogP) is 3.96. The number of anilines is 1. The van der Waals surface area contributed by atoms with E-state index in [9.17, 15) is 4.39 Å². The van der Waals surface area contributed by atoms with Crippen molar-refractivity contribution in [2.45, 2.75) is 25.1 Å². The predicted molar refractivity (Wildman–Crippen MR) is 69.6 cm³/mol. The Morgan fingerprint density at radius 3 is 2.69 bits per heavy atom. The van der Waals surface area contributed by atoms with Crippen LogP contribution >= 0.6 is 15.9 Å². The van der Waals surface area contributed by atoms with E-state index in [0.717, 1.165) is 24.6 Å². The lowest BCUT2D eigenvalue weighted by Gasteiger charge is -2.33. The minimum Gasteiger partial charge on any atom is -0.371 e. The first-order valence-electron chi connectivity index (χ1n) is 5.80. The minimum atomic E-state index is -0.149. The smallest absolute Gasteiger partial charge is 0.123 e. The van der Waals surface area contributed by atoms with Crippen LogP contribution in [0.3, 0.4) is 0 Å². The van der Waals surface area contributed by atoms with Gasteiger partial charge in [-0.3, -0.25) is 0 Å². The van der Waals surface area contributed by atoms with Crippen LogP contribution in [0, 0.1) is 11.7 Å². The lowest BCUT2D eigenvalue weighted by Crippen LogP contribution is -2.33. The van der Waals surface area contributed by atoms with E-state index in [0.29, 0.717) is 5.33 Å². The zero-order chi connectivity index (χ0) is 11.5. The molecule has 2 rings (SSSR count). The molecule has 0 saturated carbocycles. The third-order valence-electron chi connectivity index (χ3n) is 3.31. The quantitative estimate of drug-likeness (QED) is 0.744. The van der Waals surface area contributed by atoms with Gasteiger partial charge in [0, 0.05) is 24.1 Å². The van der Waals surface area contributed by atoms with Crippen LogP contribution in [0.15, 0.2) is 18.2 Å². The summed E-state index contributed by atoms with van der Waals surface area (Å²) in [5.41, 5.74) is 2.24. The number of halogens is 2. The Labute approximate surface area is 105 Å². The molecule has 1 aromatic rings. The number of nitrogens with zero attached hydrogens (tertiary/aromatic N) is 1. The second kappa shape index (κ2) is 5.17. The molecular formula is C13H17BrFN. The van der Waals surface area contributed by atoms with Gasteiger partial charge < -0.3 is 4.90 Å². The van der Waals surface area contributed by atoms with Gasteiger partial charge in [-0.05, 0) is 42.5 Å². The Kier molecular flexibility index (Phi) is 3.85. The molecule has 1 aliphatic rings. The van der Waals surface area contributed by atoms with E-state index < -0.39 is 0 Å². The molecule has 0 aliphatic carbocycles. The number of hydrogen-bond donors (Lipinski definition) is 0. The highest BCUT2D eigenvalue weighted by Crippen LogP contribution is 2.28. The van der Waals surface area contributed by atoms with Gasteiger partial charge in [-0.1, -0.05) is 22.9 Å². The normalized spacial score (nSPS) is 17.8. The summed E-state index contributed by atoms with van der Waals surface area (Å²) in [4.78, 5) is 2.37. The number of alkyl halides is 1. The molecule has 1 fully saturated rings. The van der Waals surface area contributed by atoms with E-state index in [1.807, 2.05) is 6.07 Å². The molecule has 0 N–H and O–H groups in total. The lowest BCUT2D eigenvalue weighted by atomic mass is 9.98. The molecule has 1 saturated heterocycles.